The molecule has 0 N–H and O–H groups in total. The highest BCUT2D eigenvalue weighted by Crippen LogP contribution is 2.14. The van der Waals surface area contributed by atoms with Gasteiger partial charge in [-0.1, -0.05) is 60.7 Å². The molecule has 2 aromatic carbocycles. The van der Waals surface area contributed by atoms with Gasteiger partial charge in [-0.15, -0.1) is 0 Å². The summed E-state index contributed by atoms with van der Waals surface area (Å²) in [6.07, 6.45) is 2.36. The van der Waals surface area contributed by atoms with Gasteiger partial charge in [-0.2, -0.15) is 0 Å². The van der Waals surface area contributed by atoms with Crippen LogP contribution in [0.15, 0.2) is 89.9 Å². The highest BCUT2D eigenvalue weighted by atomic mass is 16.2. The van der Waals surface area contributed by atoms with Gasteiger partial charge in [0, 0.05) is 31.7 Å². The molecule has 0 aliphatic carbocycles. The predicted molar refractivity (Wildman–Crippen MR) is 118 cm³/mol. The Kier molecular flexibility index (Phi) is 5.70. The first-order valence-electron chi connectivity index (χ1n) is 9.95. The average molecular weight is 397 g/mol. The Balaban J connectivity index is 1.68. The third-order valence-electron chi connectivity index (χ3n) is 5.22. The Morgan fingerprint density at radius 3 is 2.30 bits per heavy atom. The van der Waals surface area contributed by atoms with Crippen molar-refractivity contribution >= 4 is 16.9 Å². The van der Waals surface area contributed by atoms with Crippen molar-refractivity contribution in [3.8, 4) is 0 Å². The lowest BCUT2D eigenvalue weighted by Gasteiger charge is -2.23. The normalized spacial score (nSPS) is 10.8. The first kappa shape index (κ1) is 19.6. The quantitative estimate of drug-likeness (QED) is 0.497. The summed E-state index contributed by atoms with van der Waals surface area (Å²) >= 11 is 0. The maximum absolute atomic E-state index is 13.5. The third-order valence-corrected chi connectivity index (χ3v) is 5.22. The summed E-state index contributed by atoms with van der Waals surface area (Å²) in [4.78, 5) is 32.4. The lowest BCUT2D eigenvalue weighted by molar-refractivity contribution is 0.0743. The molecule has 0 atom stereocenters. The molecule has 4 rings (SSSR count). The number of benzene rings is 2. The van der Waals surface area contributed by atoms with Gasteiger partial charge < -0.3 is 4.90 Å². The van der Waals surface area contributed by atoms with Gasteiger partial charge >= 0.3 is 0 Å². The first-order valence-corrected chi connectivity index (χ1v) is 9.95. The van der Waals surface area contributed by atoms with Gasteiger partial charge in [0.15, 0.2) is 0 Å². The summed E-state index contributed by atoms with van der Waals surface area (Å²) in [6.45, 7) is 0.965. The molecule has 0 aliphatic heterocycles. The number of nitrogens with zero attached hydrogens (tertiary/aromatic N) is 3. The van der Waals surface area contributed by atoms with Gasteiger partial charge in [0.05, 0.1) is 0 Å². The van der Waals surface area contributed by atoms with Crippen LogP contribution in [0.4, 0.5) is 0 Å². The number of aryl methyl sites for hydroxylation is 1. The van der Waals surface area contributed by atoms with Crippen LogP contribution in [0.2, 0.25) is 0 Å². The van der Waals surface area contributed by atoms with Gasteiger partial charge in [-0.3, -0.25) is 14.2 Å². The zero-order valence-corrected chi connectivity index (χ0v) is 16.9. The first-order chi connectivity index (χ1) is 14.6. The number of amides is 1. The van der Waals surface area contributed by atoms with E-state index in [4.69, 9.17) is 0 Å². The van der Waals surface area contributed by atoms with Crippen LogP contribution in [0.3, 0.4) is 0 Å². The maximum atomic E-state index is 13.5. The molecule has 0 aliphatic rings. The molecule has 0 radical (unpaired) electrons. The largest absolute Gasteiger partial charge is 0.334 e. The zero-order valence-electron chi connectivity index (χ0n) is 16.9. The third kappa shape index (κ3) is 4.15. The van der Waals surface area contributed by atoms with Crippen LogP contribution >= 0.6 is 0 Å². The molecular formula is C25H23N3O2. The molecule has 5 nitrogen and oxygen atoms in total. The van der Waals surface area contributed by atoms with Gasteiger partial charge in [0.2, 0.25) is 0 Å². The Morgan fingerprint density at radius 2 is 1.60 bits per heavy atom. The molecule has 0 bridgehead atoms. The molecule has 0 spiro atoms. The smallest absolute Gasteiger partial charge is 0.264 e. The monoisotopic (exact) mass is 397 g/mol. The molecule has 1 amide bonds. The van der Waals surface area contributed by atoms with Crippen molar-refractivity contribution in [2.45, 2.75) is 13.0 Å². The summed E-state index contributed by atoms with van der Waals surface area (Å²) in [5, 5.41) is 0.769. The second-order valence-corrected chi connectivity index (χ2v) is 7.29. The molecule has 30 heavy (non-hydrogen) atoms. The van der Waals surface area contributed by atoms with E-state index in [0.717, 1.165) is 22.9 Å². The number of pyridine rings is 2. The van der Waals surface area contributed by atoms with E-state index in [9.17, 15) is 9.59 Å². The second-order valence-electron chi connectivity index (χ2n) is 7.29. The molecular weight excluding hydrogens is 374 g/mol. The van der Waals surface area contributed by atoms with Crippen LogP contribution in [-0.2, 0) is 20.0 Å². The minimum atomic E-state index is -0.330. The van der Waals surface area contributed by atoms with Crippen molar-refractivity contribution in [2.24, 2.45) is 7.05 Å². The van der Waals surface area contributed by atoms with Gasteiger partial charge in [0.1, 0.15) is 11.2 Å². The minimum absolute atomic E-state index is 0.169. The van der Waals surface area contributed by atoms with E-state index in [1.807, 2.05) is 66.7 Å². The summed E-state index contributed by atoms with van der Waals surface area (Å²) in [6, 6.07) is 25.2. The van der Waals surface area contributed by atoms with Crippen molar-refractivity contribution in [1.82, 2.24) is 14.5 Å². The van der Waals surface area contributed by atoms with E-state index in [1.165, 1.54) is 4.57 Å². The van der Waals surface area contributed by atoms with Crippen molar-refractivity contribution in [2.75, 3.05) is 6.54 Å². The van der Waals surface area contributed by atoms with Gasteiger partial charge in [-0.25, -0.2) is 4.98 Å². The van der Waals surface area contributed by atoms with Crippen LogP contribution in [-0.4, -0.2) is 26.9 Å². The fraction of sp³-hybridized carbons (Fsp3) is 0.160. The lowest BCUT2D eigenvalue weighted by Crippen LogP contribution is -2.37. The Labute approximate surface area is 175 Å². The van der Waals surface area contributed by atoms with E-state index in [0.29, 0.717) is 18.7 Å². The topological polar surface area (TPSA) is 55.2 Å². The van der Waals surface area contributed by atoms with Crippen LogP contribution in [0.1, 0.15) is 21.5 Å². The molecule has 4 aromatic rings. The average Bonchev–Trinajstić information content (AvgIpc) is 2.80. The van der Waals surface area contributed by atoms with Crippen molar-refractivity contribution in [3.05, 3.63) is 112 Å². The lowest BCUT2D eigenvalue weighted by atomic mass is 10.1. The molecule has 0 saturated carbocycles. The van der Waals surface area contributed by atoms with Crippen LogP contribution in [0, 0.1) is 0 Å². The minimum Gasteiger partial charge on any atom is -0.334 e. The second kappa shape index (κ2) is 8.74. The molecule has 0 saturated heterocycles. The zero-order chi connectivity index (χ0) is 20.9. The standard InChI is InChI=1S/C25H23N3O2/c1-27-23-21(13-8-15-26-23)17-22(24(27)29)25(30)28(18-20-11-6-3-7-12-20)16-14-19-9-4-2-5-10-19/h2-13,15,17H,14,16,18H2,1H3. The van der Waals surface area contributed by atoms with E-state index in [2.05, 4.69) is 4.98 Å². The van der Waals surface area contributed by atoms with Gasteiger partial charge in [-0.05, 0) is 35.7 Å². The molecule has 0 unspecified atom stereocenters. The number of carbonyl (C=O) groups is 1. The van der Waals surface area contributed by atoms with E-state index in [-0.39, 0.29) is 17.0 Å². The summed E-state index contributed by atoms with van der Waals surface area (Å²) < 4.78 is 1.44. The molecule has 2 aromatic heterocycles. The molecule has 0 fully saturated rings. The summed E-state index contributed by atoms with van der Waals surface area (Å²) in [5.74, 6) is -0.263. The number of rotatable bonds is 6. The number of carbonyl (C=O) groups excluding carboxylic acids is 1. The number of fused-ring (bicyclic) bond motifs is 1. The van der Waals surface area contributed by atoms with Crippen molar-refractivity contribution in [3.63, 3.8) is 0 Å². The van der Waals surface area contributed by atoms with Crippen molar-refractivity contribution in [1.29, 1.82) is 0 Å². The molecule has 150 valence electrons. The Hall–Kier alpha value is -3.73. The van der Waals surface area contributed by atoms with Crippen LogP contribution < -0.4 is 5.56 Å². The SMILES string of the molecule is Cn1c(=O)c(C(=O)N(CCc2ccccc2)Cc2ccccc2)cc2cccnc21. The fourth-order valence-electron chi connectivity index (χ4n) is 3.58. The number of aromatic nitrogens is 2. The highest BCUT2D eigenvalue weighted by Gasteiger charge is 2.21. The summed E-state index contributed by atoms with van der Waals surface area (Å²) in [7, 11) is 1.65. The molecule has 5 heteroatoms. The van der Waals surface area contributed by atoms with E-state index < -0.39 is 0 Å². The summed E-state index contributed by atoms with van der Waals surface area (Å²) in [5.41, 5.74) is 2.58. The maximum Gasteiger partial charge on any atom is 0.264 e. The molecule has 2 heterocycles. The van der Waals surface area contributed by atoms with Crippen LogP contribution in [0.5, 0.6) is 0 Å². The Bertz CT molecular complexity index is 1220. The van der Waals surface area contributed by atoms with E-state index in [1.54, 1.807) is 30.3 Å². The predicted octanol–water partition coefficient (Wildman–Crippen LogP) is 3.82. The highest BCUT2D eigenvalue weighted by molar-refractivity contribution is 5.96. The van der Waals surface area contributed by atoms with Crippen molar-refractivity contribution < 1.29 is 4.79 Å². The Morgan fingerprint density at radius 1 is 0.933 bits per heavy atom. The van der Waals surface area contributed by atoms with E-state index >= 15 is 0 Å². The number of hydrogen-bond acceptors (Lipinski definition) is 3. The van der Waals surface area contributed by atoms with Crippen LogP contribution in [0.25, 0.3) is 11.0 Å². The number of hydrogen-bond donors (Lipinski definition) is 0. The fourth-order valence-corrected chi connectivity index (χ4v) is 3.58. The van der Waals surface area contributed by atoms with Gasteiger partial charge in [0.25, 0.3) is 11.5 Å².